The summed E-state index contributed by atoms with van der Waals surface area (Å²) in [5, 5.41) is 8.02. The van der Waals surface area contributed by atoms with Crippen molar-refractivity contribution in [2.24, 2.45) is 0 Å². The molecule has 0 bridgehead atoms. The van der Waals surface area contributed by atoms with Gasteiger partial charge in [-0.3, -0.25) is 14.4 Å². The number of carbonyl (C=O) groups is 3. The molecule has 0 aliphatic carbocycles. The van der Waals surface area contributed by atoms with Crippen LogP contribution >= 0.6 is 0 Å². The molecule has 0 atom stereocenters. The highest BCUT2D eigenvalue weighted by atomic mass is 19.3. The van der Waals surface area contributed by atoms with E-state index >= 15 is 0 Å². The maximum Gasteiger partial charge on any atom is 0.310 e. The molecule has 0 unspecified atom stereocenters. The predicted molar refractivity (Wildman–Crippen MR) is 32.9 cm³/mol. The molecule has 0 saturated heterocycles. The van der Waals surface area contributed by atoms with Crippen molar-refractivity contribution in [3.8, 4) is 0 Å². The lowest BCUT2D eigenvalue weighted by atomic mass is 10.1. The largest absolute Gasteiger partial charge is 0.481 e. The SMILES string of the molecule is O=C(O)CC(=O)CC(=O)C(F)F. The molecule has 68 valence electrons. The average molecular weight is 180 g/mol. The highest BCUT2D eigenvalue weighted by molar-refractivity contribution is 6.06. The molecule has 0 spiro atoms. The quantitative estimate of drug-likeness (QED) is 0.615. The lowest BCUT2D eigenvalue weighted by molar-refractivity contribution is -0.141. The molecule has 0 aromatic heterocycles. The van der Waals surface area contributed by atoms with Crippen molar-refractivity contribution in [2.75, 3.05) is 0 Å². The number of rotatable bonds is 5. The van der Waals surface area contributed by atoms with Gasteiger partial charge in [0.2, 0.25) is 5.78 Å². The number of alkyl halides is 2. The van der Waals surface area contributed by atoms with E-state index in [0.29, 0.717) is 0 Å². The first-order valence-electron chi connectivity index (χ1n) is 2.98. The van der Waals surface area contributed by atoms with E-state index in [1.165, 1.54) is 0 Å². The fourth-order valence-electron chi connectivity index (χ4n) is 0.503. The fourth-order valence-corrected chi connectivity index (χ4v) is 0.503. The number of hydrogen-bond donors (Lipinski definition) is 1. The minimum Gasteiger partial charge on any atom is -0.481 e. The Labute approximate surface area is 66.2 Å². The van der Waals surface area contributed by atoms with Crippen molar-refractivity contribution in [1.82, 2.24) is 0 Å². The third-order valence-electron chi connectivity index (χ3n) is 0.963. The first-order chi connectivity index (χ1) is 5.43. The second-order valence-electron chi connectivity index (χ2n) is 2.05. The summed E-state index contributed by atoms with van der Waals surface area (Å²) >= 11 is 0. The third-order valence-corrected chi connectivity index (χ3v) is 0.963. The summed E-state index contributed by atoms with van der Waals surface area (Å²) in [6.07, 6.45) is -5.11. The van der Waals surface area contributed by atoms with Crippen molar-refractivity contribution in [2.45, 2.75) is 19.3 Å². The van der Waals surface area contributed by atoms with Crippen molar-refractivity contribution in [1.29, 1.82) is 0 Å². The van der Waals surface area contributed by atoms with Crippen LogP contribution in [0.15, 0.2) is 0 Å². The minimum atomic E-state index is -3.21. The number of carbonyl (C=O) groups excluding carboxylic acids is 2. The Morgan fingerprint density at radius 2 is 1.67 bits per heavy atom. The molecule has 0 aromatic carbocycles. The summed E-state index contributed by atoms with van der Waals surface area (Å²) in [4.78, 5) is 30.4. The van der Waals surface area contributed by atoms with Crippen LogP contribution in [-0.4, -0.2) is 29.1 Å². The maximum absolute atomic E-state index is 11.5. The molecule has 0 radical (unpaired) electrons. The van der Waals surface area contributed by atoms with Gasteiger partial charge in [-0.1, -0.05) is 0 Å². The van der Waals surface area contributed by atoms with Crippen LogP contribution in [0.1, 0.15) is 12.8 Å². The van der Waals surface area contributed by atoms with Gasteiger partial charge in [-0.15, -0.1) is 0 Å². The molecule has 0 heterocycles. The van der Waals surface area contributed by atoms with Crippen LogP contribution < -0.4 is 0 Å². The van der Waals surface area contributed by atoms with Crippen molar-refractivity contribution < 1.29 is 28.3 Å². The normalized spacial score (nSPS) is 9.92. The number of hydrogen-bond acceptors (Lipinski definition) is 3. The first kappa shape index (κ1) is 10.7. The van der Waals surface area contributed by atoms with Crippen LogP contribution in [0.4, 0.5) is 8.78 Å². The van der Waals surface area contributed by atoms with Crippen LogP contribution in [0.5, 0.6) is 0 Å². The molecule has 6 heteroatoms. The number of halogens is 2. The van der Waals surface area contributed by atoms with E-state index in [1.807, 2.05) is 0 Å². The summed E-state index contributed by atoms with van der Waals surface area (Å²) in [5.41, 5.74) is 0. The van der Waals surface area contributed by atoms with E-state index in [-0.39, 0.29) is 0 Å². The molecule has 0 aliphatic rings. The van der Waals surface area contributed by atoms with E-state index < -0.39 is 36.8 Å². The van der Waals surface area contributed by atoms with Crippen LogP contribution in [0, 0.1) is 0 Å². The lowest BCUT2D eigenvalue weighted by Gasteiger charge is -1.95. The fraction of sp³-hybridized carbons (Fsp3) is 0.500. The van der Waals surface area contributed by atoms with E-state index in [4.69, 9.17) is 5.11 Å². The summed E-state index contributed by atoms with van der Waals surface area (Å²) in [6.45, 7) is 0. The highest BCUT2D eigenvalue weighted by Crippen LogP contribution is 2.00. The molecular weight excluding hydrogens is 174 g/mol. The van der Waals surface area contributed by atoms with Gasteiger partial charge in [-0.2, -0.15) is 0 Å². The molecule has 0 aromatic rings. The number of carboxylic acid groups (broad SMARTS) is 1. The van der Waals surface area contributed by atoms with E-state index in [0.717, 1.165) is 0 Å². The van der Waals surface area contributed by atoms with E-state index in [2.05, 4.69) is 0 Å². The molecule has 4 nitrogen and oxygen atoms in total. The second-order valence-corrected chi connectivity index (χ2v) is 2.05. The van der Waals surface area contributed by atoms with Crippen LogP contribution in [0.25, 0.3) is 0 Å². The highest BCUT2D eigenvalue weighted by Gasteiger charge is 2.20. The molecule has 0 fully saturated rings. The summed E-state index contributed by atoms with van der Waals surface area (Å²) < 4.78 is 23.0. The topological polar surface area (TPSA) is 71.4 Å². The van der Waals surface area contributed by atoms with E-state index in [1.54, 1.807) is 0 Å². The number of Topliss-reactive ketones (excluding diaryl/α,β-unsaturated/α-hetero) is 2. The Balaban J connectivity index is 3.85. The summed E-state index contributed by atoms with van der Waals surface area (Å²) in [5.74, 6) is -3.98. The van der Waals surface area contributed by atoms with Gasteiger partial charge >= 0.3 is 5.97 Å². The molecule has 0 aliphatic heterocycles. The third kappa shape index (κ3) is 4.48. The van der Waals surface area contributed by atoms with E-state index in [9.17, 15) is 23.2 Å². The predicted octanol–water partition coefficient (Wildman–Crippen LogP) is 0.255. The number of ketones is 2. The molecule has 0 rings (SSSR count). The Morgan fingerprint density at radius 3 is 2.00 bits per heavy atom. The Bertz CT molecular complexity index is 212. The monoisotopic (exact) mass is 180 g/mol. The smallest absolute Gasteiger partial charge is 0.310 e. The van der Waals surface area contributed by atoms with Crippen molar-refractivity contribution in [3.05, 3.63) is 0 Å². The Hall–Kier alpha value is -1.33. The minimum absolute atomic E-state index is 0.890. The second kappa shape index (κ2) is 4.53. The summed E-state index contributed by atoms with van der Waals surface area (Å²) in [6, 6.07) is 0. The Kier molecular flexibility index (Phi) is 4.03. The molecule has 0 amide bonds. The van der Waals surface area contributed by atoms with Crippen LogP contribution in [0.3, 0.4) is 0 Å². The zero-order chi connectivity index (χ0) is 9.72. The standard InChI is InChI=1S/C6H6F2O4/c7-6(8)4(10)1-3(9)2-5(11)12/h6H,1-2H2,(H,11,12). The van der Waals surface area contributed by atoms with Crippen molar-refractivity contribution >= 4 is 17.5 Å². The van der Waals surface area contributed by atoms with Gasteiger partial charge in [0.15, 0.2) is 5.78 Å². The molecule has 0 saturated carbocycles. The van der Waals surface area contributed by atoms with Gasteiger partial charge in [0.1, 0.15) is 6.42 Å². The molecular formula is C6H6F2O4. The number of aliphatic carboxylic acids is 1. The zero-order valence-electron chi connectivity index (χ0n) is 5.92. The first-order valence-corrected chi connectivity index (χ1v) is 2.98. The van der Waals surface area contributed by atoms with Gasteiger partial charge in [-0.25, -0.2) is 8.78 Å². The van der Waals surface area contributed by atoms with Gasteiger partial charge in [0.25, 0.3) is 6.43 Å². The molecule has 1 N–H and O–H groups in total. The number of carboxylic acids is 1. The Morgan fingerprint density at radius 1 is 1.17 bits per heavy atom. The van der Waals surface area contributed by atoms with Gasteiger partial charge in [-0.05, 0) is 0 Å². The average Bonchev–Trinajstić information content (AvgIpc) is 1.84. The maximum atomic E-state index is 11.5. The summed E-state index contributed by atoms with van der Waals surface area (Å²) in [7, 11) is 0. The van der Waals surface area contributed by atoms with Gasteiger partial charge in [0, 0.05) is 0 Å². The van der Waals surface area contributed by atoms with Crippen LogP contribution in [0.2, 0.25) is 0 Å². The van der Waals surface area contributed by atoms with Crippen LogP contribution in [-0.2, 0) is 14.4 Å². The molecule has 12 heavy (non-hydrogen) atoms. The van der Waals surface area contributed by atoms with Gasteiger partial charge < -0.3 is 5.11 Å². The van der Waals surface area contributed by atoms with Gasteiger partial charge in [0.05, 0.1) is 6.42 Å². The lowest BCUT2D eigenvalue weighted by Crippen LogP contribution is -2.17. The van der Waals surface area contributed by atoms with Crippen molar-refractivity contribution in [3.63, 3.8) is 0 Å². The zero-order valence-corrected chi connectivity index (χ0v) is 5.92.